The number of pyridine rings is 1. The van der Waals surface area contributed by atoms with Crippen molar-refractivity contribution >= 4 is 43.9 Å². The maximum absolute atomic E-state index is 10.9. The molecule has 4 nitrogen and oxygen atoms in total. The van der Waals surface area contributed by atoms with Crippen LogP contribution in [0.25, 0.3) is 77.5 Å². The van der Waals surface area contributed by atoms with E-state index in [0.717, 1.165) is 66.4 Å². The number of aryl methyl sites for hydroxylation is 2. The monoisotopic (exact) mass is 614 g/mol. The first-order chi connectivity index (χ1) is 23.6. The van der Waals surface area contributed by atoms with Crippen LogP contribution in [-0.2, 0) is 0 Å². The normalized spacial score (nSPS) is 11.5. The van der Waals surface area contributed by atoms with Gasteiger partial charge in [-0.3, -0.25) is 9.13 Å². The van der Waals surface area contributed by atoms with Crippen LogP contribution in [0.1, 0.15) is 16.7 Å². The Morgan fingerprint density at radius 1 is 0.521 bits per heavy atom. The van der Waals surface area contributed by atoms with Gasteiger partial charge < -0.3 is 0 Å². The first-order valence-corrected chi connectivity index (χ1v) is 16.2. The highest BCUT2D eigenvalue weighted by Crippen LogP contribution is 2.41. The Labute approximate surface area is 278 Å². The molecule has 0 unspecified atom stereocenters. The van der Waals surface area contributed by atoms with Gasteiger partial charge in [-0.15, -0.1) is 0 Å². The summed E-state index contributed by atoms with van der Waals surface area (Å²) in [7, 11) is 0. The van der Waals surface area contributed by atoms with Crippen LogP contribution in [0.3, 0.4) is 0 Å². The van der Waals surface area contributed by atoms with E-state index in [1.165, 1.54) is 22.3 Å². The van der Waals surface area contributed by atoms with Crippen LogP contribution in [0, 0.1) is 25.2 Å². The van der Waals surface area contributed by atoms with Crippen LogP contribution < -0.4 is 0 Å². The van der Waals surface area contributed by atoms with Gasteiger partial charge in [0.25, 0.3) is 0 Å². The summed E-state index contributed by atoms with van der Waals surface area (Å²) in [6.45, 7) is 4.28. The maximum atomic E-state index is 10.9. The number of fused-ring (bicyclic) bond motifs is 6. The number of para-hydroxylation sites is 2. The van der Waals surface area contributed by atoms with Crippen molar-refractivity contribution < 1.29 is 0 Å². The zero-order valence-electron chi connectivity index (χ0n) is 26.6. The lowest BCUT2D eigenvalue weighted by Gasteiger charge is -2.13. The van der Waals surface area contributed by atoms with Crippen LogP contribution in [0.2, 0.25) is 0 Å². The van der Waals surface area contributed by atoms with E-state index >= 15 is 0 Å². The number of benzene rings is 6. The molecule has 0 aliphatic rings. The number of aromatic nitrogens is 3. The van der Waals surface area contributed by atoms with Crippen molar-refractivity contribution in [3.05, 3.63) is 162 Å². The molecule has 9 rings (SSSR count). The third-order valence-electron chi connectivity index (χ3n) is 9.53. The number of hydrogen-bond donors (Lipinski definition) is 0. The second kappa shape index (κ2) is 10.8. The third kappa shape index (κ3) is 4.18. The summed E-state index contributed by atoms with van der Waals surface area (Å²) in [6, 6.07) is 53.6. The van der Waals surface area contributed by atoms with Crippen molar-refractivity contribution in [1.82, 2.24) is 14.1 Å². The van der Waals surface area contributed by atoms with Crippen LogP contribution in [-0.4, -0.2) is 14.1 Å². The molecule has 0 N–H and O–H groups in total. The van der Waals surface area contributed by atoms with Crippen LogP contribution in [0.5, 0.6) is 0 Å². The highest BCUT2D eigenvalue weighted by Gasteiger charge is 2.24. The summed E-state index contributed by atoms with van der Waals surface area (Å²) < 4.78 is 4.42. The van der Waals surface area contributed by atoms with Crippen molar-refractivity contribution in [2.75, 3.05) is 0 Å². The summed E-state index contributed by atoms with van der Waals surface area (Å²) in [5.41, 5.74) is 13.4. The van der Waals surface area contributed by atoms with Gasteiger partial charge in [-0.2, -0.15) is 5.26 Å². The molecular weight excluding hydrogens is 585 g/mol. The van der Waals surface area contributed by atoms with Crippen molar-refractivity contribution in [3.63, 3.8) is 0 Å². The lowest BCUT2D eigenvalue weighted by Crippen LogP contribution is -2.00. The van der Waals surface area contributed by atoms with E-state index in [2.05, 4.69) is 156 Å². The molecule has 0 radical (unpaired) electrons. The summed E-state index contributed by atoms with van der Waals surface area (Å²) in [5.74, 6) is 0. The van der Waals surface area contributed by atoms with Gasteiger partial charge in [-0.05, 0) is 83.6 Å². The molecule has 4 heteroatoms. The van der Waals surface area contributed by atoms with E-state index in [1.54, 1.807) is 0 Å². The summed E-state index contributed by atoms with van der Waals surface area (Å²) in [5, 5.41) is 14.7. The summed E-state index contributed by atoms with van der Waals surface area (Å²) >= 11 is 0. The number of rotatable bonds is 4. The molecule has 48 heavy (non-hydrogen) atoms. The highest BCUT2D eigenvalue weighted by molar-refractivity contribution is 6.20. The molecule has 0 saturated carbocycles. The zero-order valence-corrected chi connectivity index (χ0v) is 26.6. The maximum Gasteiger partial charge on any atom is 0.149 e. The molecule has 3 aromatic heterocycles. The first kappa shape index (κ1) is 27.8. The molecular formula is C44H30N4. The lowest BCUT2D eigenvalue weighted by atomic mass is 9.95. The number of nitriles is 1. The van der Waals surface area contributed by atoms with E-state index in [1.807, 2.05) is 18.2 Å². The van der Waals surface area contributed by atoms with E-state index in [9.17, 15) is 5.26 Å². The van der Waals surface area contributed by atoms with Crippen molar-refractivity contribution in [3.8, 4) is 39.7 Å². The summed E-state index contributed by atoms with van der Waals surface area (Å²) in [4.78, 5) is 5.48. The number of nitrogens with zero attached hydrogens (tertiary/aromatic N) is 4. The first-order valence-electron chi connectivity index (χ1n) is 16.2. The molecule has 0 amide bonds. The molecule has 0 aliphatic heterocycles. The molecule has 0 fully saturated rings. The fourth-order valence-corrected chi connectivity index (χ4v) is 7.39. The Morgan fingerprint density at radius 2 is 1.10 bits per heavy atom. The second-order valence-corrected chi connectivity index (χ2v) is 12.5. The minimum absolute atomic E-state index is 0.649. The Bertz CT molecular complexity index is 2760. The molecule has 9 aromatic rings. The average molecular weight is 615 g/mol. The number of hydrogen-bond acceptors (Lipinski definition) is 2. The topological polar surface area (TPSA) is 46.5 Å². The van der Waals surface area contributed by atoms with Gasteiger partial charge in [0.1, 0.15) is 17.4 Å². The van der Waals surface area contributed by atoms with Gasteiger partial charge in [0.05, 0.1) is 16.6 Å². The van der Waals surface area contributed by atoms with Crippen LogP contribution in [0.4, 0.5) is 0 Å². The Kier molecular flexibility index (Phi) is 6.28. The Balaban J connectivity index is 1.33. The van der Waals surface area contributed by atoms with E-state index < -0.39 is 0 Å². The SMILES string of the molecule is Cc1cccc(-n2c3ccccc3c3c(C#N)c4c5ccccc5n(-c5cccc(-c6ccc(-c7ccccc7)cc6C)c5)c4nc32)c1. The molecule has 0 saturated heterocycles. The second-order valence-electron chi connectivity index (χ2n) is 12.5. The standard InChI is InChI=1S/C44H30N4/c1-28-12-10-16-33(24-28)47-39-20-8-6-18-36(39)41-38(27-45)42-37-19-7-9-21-40(37)48(44(42)46-43(41)47)34-17-11-15-32(26-34)35-23-22-31(25-29(35)2)30-13-4-3-5-14-30/h3-26H,1-2H3. The van der Waals surface area contributed by atoms with Gasteiger partial charge in [0.15, 0.2) is 0 Å². The fourth-order valence-electron chi connectivity index (χ4n) is 7.39. The van der Waals surface area contributed by atoms with Gasteiger partial charge in [0.2, 0.25) is 0 Å². The van der Waals surface area contributed by atoms with Gasteiger partial charge >= 0.3 is 0 Å². The fraction of sp³-hybridized carbons (Fsp3) is 0.0455. The van der Waals surface area contributed by atoms with Gasteiger partial charge in [-0.1, -0.05) is 109 Å². The Hall–Kier alpha value is -6.44. The average Bonchev–Trinajstić information content (AvgIpc) is 3.64. The van der Waals surface area contributed by atoms with Crippen LogP contribution >= 0.6 is 0 Å². The summed E-state index contributed by atoms with van der Waals surface area (Å²) in [6.07, 6.45) is 0. The smallest absolute Gasteiger partial charge is 0.149 e. The molecule has 6 aromatic carbocycles. The largest absolute Gasteiger partial charge is 0.294 e. The third-order valence-corrected chi connectivity index (χ3v) is 9.53. The minimum atomic E-state index is 0.649. The Morgan fingerprint density at radius 3 is 1.73 bits per heavy atom. The van der Waals surface area contributed by atoms with Gasteiger partial charge in [-0.25, -0.2) is 4.98 Å². The van der Waals surface area contributed by atoms with Gasteiger partial charge in [0, 0.05) is 32.9 Å². The predicted octanol–water partition coefficient (Wildman–Crippen LogP) is 11.1. The predicted molar refractivity (Wildman–Crippen MR) is 198 cm³/mol. The molecule has 0 spiro atoms. The van der Waals surface area contributed by atoms with Crippen LogP contribution in [0.15, 0.2) is 146 Å². The highest BCUT2D eigenvalue weighted by atomic mass is 15.1. The van der Waals surface area contributed by atoms with Crippen molar-refractivity contribution in [1.29, 1.82) is 5.26 Å². The van der Waals surface area contributed by atoms with Crippen molar-refractivity contribution in [2.45, 2.75) is 13.8 Å². The molecule has 0 aliphatic carbocycles. The minimum Gasteiger partial charge on any atom is -0.294 e. The molecule has 3 heterocycles. The van der Waals surface area contributed by atoms with E-state index in [-0.39, 0.29) is 0 Å². The molecule has 0 atom stereocenters. The quantitative estimate of drug-likeness (QED) is 0.198. The van der Waals surface area contributed by atoms with E-state index in [4.69, 9.17) is 4.98 Å². The van der Waals surface area contributed by atoms with Crippen molar-refractivity contribution in [2.24, 2.45) is 0 Å². The lowest BCUT2D eigenvalue weighted by molar-refractivity contribution is 1.10. The molecule has 226 valence electrons. The molecule has 0 bridgehead atoms. The zero-order chi connectivity index (χ0) is 32.4. The van der Waals surface area contributed by atoms with E-state index in [0.29, 0.717) is 5.56 Å².